The fraction of sp³-hybridized carbons (Fsp3) is 0.308. The summed E-state index contributed by atoms with van der Waals surface area (Å²) in [6.45, 7) is 4.75. The molecule has 2 nitrogen and oxygen atoms in total. The molecular weight excluding hydrogens is 220 g/mol. The van der Waals surface area contributed by atoms with Crippen molar-refractivity contribution in [3.8, 4) is 0 Å². The molecule has 0 fully saturated rings. The maximum absolute atomic E-state index is 6.16. The molecular formula is C13H15ClN2. The van der Waals surface area contributed by atoms with Crippen LogP contribution in [-0.2, 0) is 0 Å². The molecule has 1 aromatic carbocycles. The molecule has 0 radical (unpaired) electrons. The third-order valence-electron chi connectivity index (χ3n) is 2.88. The molecule has 0 aliphatic rings. The predicted octanol–water partition coefficient (Wildman–Crippen LogP) is 3.26. The molecule has 3 heteroatoms. The maximum Gasteiger partial charge on any atom is 0.0894 e. The molecule has 2 N–H and O–H groups in total. The molecule has 0 aliphatic carbocycles. The highest BCUT2D eigenvalue weighted by Gasteiger charge is 2.09. The SMILES string of the molecule is Cc1cc(C(C)CN)nc2c(Cl)cccc12. The fourth-order valence-corrected chi connectivity index (χ4v) is 2.00. The average Bonchev–Trinajstić information content (AvgIpc) is 2.29. The van der Waals surface area contributed by atoms with E-state index in [0.29, 0.717) is 11.6 Å². The summed E-state index contributed by atoms with van der Waals surface area (Å²) in [4.78, 5) is 4.59. The quantitative estimate of drug-likeness (QED) is 0.866. The smallest absolute Gasteiger partial charge is 0.0894 e. The molecule has 0 bridgehead atoms. The Morgan fingerprint density at radius 2 is 2.19 bits per heavy atom. The summed E-state index contributed by atoms with van der Waals surface area (Å²) in [5.74, 6) is 0.263. The number of fused-ring (bicyclic) bond motifs is 1. The molecule has 0 saturated heterocycles. The third kappa shape index (κ3) is 1.91. The molecule has 1 atom stereocenters. The van der Waals surface area contributed by atoms with Gasteiger partial charge in [0.05, 0.1) is 10.5 Å². The molecule has 1 heterocycles. The number of para-hydroxylation sites is 1. The molecule has 84 valence electrons. The van der Waals surface area contributed by atoms with Gasteiger partial charge >= 0.3 is 0 Å². The van der Waals surface area contributed by atoms with Crippen LogP contribution in [0.2, 0.25) is 5.02 Å². The Labute approximate surface area is 100 Å². The summed E-state index contributed by atoms with van der Waals surface area (Å²) in [6, 6.07) is 7.95. The van der Waals surface area contributed by atoms with Gasteiger partial charge in [0, 0.05) is 23.5 Å². The van der Waals surface area contributed by atoms with E-state index in [9.17, 15) is 0 Å². The summed E-state index contributed by atoms with van der Waals surface area (Å²) in [6.07, 6.45) is 0. The highest BCUT2D eigenvalue weighted by Crippen LogP contribution is 2.26. The largest absolute Gasteiger partial charge is 0.330 e. The number of nitrogens with zero attached hydrogens (tertiary/aromatic N) is 1. The second-order valence-electron chi connectivity index (χ2n) is 4.14. The Morgan fingerprint density at radius 1 is 1.44 bits per heavy atom. The predicted molar refractivity (Wildman–Crippen MR) is 69.0 cm³/mol. The number of hydrogen-bond donors (Lipinski definition) is 1. The van der Waals surface area contributed by atoms with Crippen molar-refractivity contribution in [1.82, 2.24) is 4.98 Å². The van der Waals surface area contributed by atoms with Gasteiger partial charge < -0.3 is 5.73 Å². The molecule has 0 aliphatic heterocycles. The number of halogens is 1. The number of rotatable bonds is 2. The van der Waals surface area contributed by atoms with Crippen LogP contribution < -0.4 is 5.73 Å². The van der Waals surface area contributed by atoms with E-state index in [-0.39, 0.29) is 5.92 Å². The van der Waals surface area contributed by atoms with Gasteiger partial charge in [-0.3, -0.25) is 4.98 Å². The van der Waals surface area contributed by atoms with Crippen molar-refractivity contribution in [1.29, 1.82) is 0 Å². The molecule has 0 amide bonds. The van der Waals surface area contributed by atoms with Crippen molar-refractivity contribution >= 4 is 22.5 Å². The van der Waals surface area contributed by atoms with Crippen LogP contribution in [0.4, 0.5) is 0 Å². The lowest BCUT2D eigenvalue weighted by atomic mass is 10.0. The van der Waals surface area contributed by atoms with Crippen molar-refractivity contribution < 1.29 is 0 Å². The summed E-state index contributed by atoms with van der Waals surface area (Å²) in [5.41, 5.74) is 8.75. The van der Waals surface area contributed by atoms with Crippen LogP contribution in [0.15, 0.2) is 24.3 Å². The lowest BCUT2D eigenvalue weighted by Crippen LogP contribution is -2.10. The van der Waals surface area contributed by atoms with E-state index in [2.05, 4.69) is 24.9 Å². The molecule has 1 aromatic heterocycles. The minimum absolute atomic E-state index is 0.263. The first-order valence-electron chi connectivity index (χ1n) is 5.39. The summed E-state index contributed by atoms with van der Waals surface area (Å²) < 4.78 is 0. The number of pyridine rings is 1. The first-order valence-corrected chi connectivity index (χ1v) is 5.77. The Morgan fingerprint density at radius 3 is 2.88 bits per heavy atom. The van der Waals surface area contributed by atoms with Gasteiger partial charge in [-0.05, 0) is 24.6 Å². The summed E-state index contributed by atoms with van der Waals surface area (Å²) in [5, 5.41) is 1.81. The molecule has 2 rings (SSSR count). The van der Waals surface area contributed by atoms with E-state index >= 15 is 0 Å². The number of nitrogens with two attached hydrogens (primary N) is 1. The highest BCUT2D eigenvalue weighted by atomic mass is 35.5. The van der Waals surface area contributed by atoms with Gasteiger partial charge in [0.15, 0.2) is 0 Å². The number of benzene rings is 1. The normalized spacial score (nSPS) is 13.0. The van der Waals surface area contributed by atoms with E-state index in [0.717, 1.165) is 16.6 Å². The zero-order valence-electron chi connectivity index (χ0n) is 9.50. The maximum atomic E-state index is 6.16. The number of aryl methyl sites for hydroxylation is 1. The molecule has 2 aromatic rings. The van der Waals surface area contributed by atoms with Gasteiger partial charge in [0.1, 0.15) is 0 Å². The zero-order valence-corrected chi connectivity index (χ0v) is 10.3. The van der Waals surface area contributed by atoms with Crippen molar-refractivity contribution in [2.45, 2.75) is 19.8 Å². The minimum Gasteiger partial charge on any atom is -0.330 e. The van der Waals surface area contributed by atoms with Gasteiger partial charge in [0.2, 0.25) is 0 Å². The van der Waals surface area contributed by atoms with Crippen molar-refractivity contribution in [2.75, 3.05) is 6.54 Å². The second kappa shape index (κ2) is 4.40. The standard InChI is InChI=1S/C13H15ClN2/c1-8-6-12(9(2)7-15)16-13-10(8)4-3-5-11(13)14/h3-6,9H,7,15H2,1-2H3. The fourth-order valence-electron chi connectivity index (χ4n) is 1.78. The van der Waals surface area contributed by atoms with Gasteiger partial charge in [-0.2, -0.15) is 0 Å². The summed E-state index contributed by atoms with van der Waals surface area (Å²) in [7, 11) is 0. The first-order chi connectivity index (χ1) is 7.63. The lowest BCUT2D eigenvalue weighted by Gasteiger charge is -2.11. The van der Waals surface area contributed by atoms with Crippen LogP contribution in [0, 0.1) is 6.92 Å². The summed E-state index contributed by atoms with van der Waals surface area (Å²) >= 11 is 6.16. The van der Waals surface area contributed by atoms with E-state index < -0.39 is 0 Å². The van der Waals surface area contributed by atoms with Gasteiger partial charge in [-0.1, -0.05) is 30.7 Å². The minimum atomic E-state index is 0.263. The van der Waals surface area contributed by atoms with Gasteiger partial charge in [-0.25, -0.2) is 0 Å². The van der Waals surface area contributed by atoms with E-state index in [1.54, 1.807) is 0 Å². The number of aromatic nitrogens is 1. The van der Waals surface area contributed by atoms with Crippen LogP contribution >= 0.6 is 11.6 Å². The van der Waals surface area contributed by atoms with Crippen LogP contribution in [0.3, 0.4) is 0 Å². The second-order valence-corrected chi connectivity index (χ2v) is 4.54. The van der Waals surface area contributed by atoms with E-state index in [4.69, 9.17) is 17.3 Å². The van der Waals surface area contributed by atoms with Crippen molar-refractivity contribution in [3.63, 3.8) is 0 Å². The number of hydrogen-bond acceptors (Lipinski definition) is 2. The van der Waals surface area contributed by atoms with E-state index in [1.165, 1.54) is 5.56 Å². The van der Waals surface area contributed by atoms with Crippen molar-refractivity contribution in [3.05, 3.63) is 40.5 Å². The van der Waals surface area contributed by atoms with Crippen LogP contribution in [0.5, 0.6) is 0 Å². The topological polar surface area (TPSA) is 38.9 Å². The van der Waals surface area contributed by atoms with Crippen LogP contribution in [-0.4, -0.2) is 11.5 Å². The lowest BCUT2D eigenvalue weighted by molar-refractivity contribution is 0.749. The van der Waals surface area contributed by atoms with Gasteiger partial charge in [-0.15, -0.1) is 0 Å². The first kappa shape index (κ1) is 11.4. The highest BCUT2D eigenvalue weighted by molar-refractivity contribution is 6.35. The van der Waals surface area contributed by atoms with Crippen molar-refractivity contribution in [2.24, 2.45) is 5.73 Å². The Bertz CT molecular complexity index is 523. The monoisotopic (exact) mass is 234 g/mol. The average molecular weight is 235 g/mol. The van der Waals surface area contributed by atoms with Crippen LogP contribution in [0.1, 0.15) is 24.1 Å². The van der Waals surface area contributed by atoms with Gasteiger partial charge in [0.25, 0.3) is 0 Å². The molecule has 0 saturated carbocycles. The molecule has 0 spiro atoms. The Kier molecular flexibility index (Phi) is 3.13. The Balaban J connectivity index is 2.70. The third-order valence-corrected chi connectivity index (χ3v) is 3.18. The van der Waals surface area contributed by atoms with Crippen LogP contribution in [0.25, 0.3) is 10.9 Å². The van der Waals surface area contributed by atoms with E-state index in [1.807, 2.05) is 18.2 Å². The Hall–Kier alpha value is -1.12. The molecule has 1 unspecified atom stereocenters. The zero-order chi connectivity index (χ0) is 11.7. The molecule has 16 heavy (non-hydrogen) atoms.